The summed E-state index contributed by atoms with van der Waals surface area (Å²) in [5, 5.41) is 0. The predicted molar refractivity (Wildman–Crippen MR) is 21.3 cm³/mol. The van der Waals surface area contributed by atoms with E-state index in [0.717, 1.165) is 0 Å². The van der Waals surface area contributed by atoms with Gasteiger partial charge in [-0.3, -0.25) is 0 Å². The average Bonchev–Trinajstić information content (AvgIpc) is 0.918. The fourth-order valence-corrected chi connectivity index (χ4v) is 0. The van der Waals surface area contributed by atoms with E-state index >= 15 is 0 Å². The van der Waals surface area contributed by atoms with Crippen molar-refractivity contribution in [3.05, 3.63) is 0 Å². The molecule has 29 valence electrons. The molecule has 0 bridgehead atoms. The first-order valence-electron chi connectivity index (χ1n) is 0.789. The van der Waals surface area contributed by atoms with Crippen LogP contribution in [0.4, 0.5) is 0 Å². The van der Waals surface area contributed by atoms with Crippen molar-refractivity contribution < 1.29 is 17.1 Å². The topological polar surface area (TPSA) is 0 Å². The van der Waals surface area contributed by atoms with Crippen LogP contribution in [-0.2, 0) is 17.1 Å². The van der Waals surface area contributed by atoms with Gasteiger partial charge < -0.3 is 0 Å². The third kappa shape index (κ3) is 9.26. The number of hydrogen-bond donors (Lipinski definition) is 0. The number of hydrogen-bond acceptors (Lipinski definition) is 0. The molecule has 4 heavy (non-hydrogen) atoms. The van der Waals surface area contributed by atoms with Gasteiger partial charge in [-0.15, -0.1) is 0 Å². The Morgan fingerprint density at radius 3 is 1.75 bits per heavy atom. The van der Waals surface area contributed by atoms with E-state index in [2.05, 4.69) is 11.8 Å². The van der Waals surface area contributed by atoms with E-state index in [1.54, 1.807) is 0 Å². The third-order valence-electron chi connectivity index (χ3n) is 0. The molecule has 0 amide bonds. The van der Waals surface area contributed by atoms with E-state index in [1.165, 1.54) is 0 Å². The fourth-order valence-electron chi connectivity index (χ4n) is 0. The van der Waals surface area contributed by atoms with Crippen LogP contribution in [0.25, 0.3) is 0 Å². The van der Waals surface area contributed by atoms with Crippen molar-refractivity contribution in [3.8, 4) is 0 Å². The monoisotopic (exact) mass is 231 g/mol. The summed E-state index contributed by atoms with van der Waals surface area (Å²) in [5.74, 6) is 0. The SMILES string of the molecule is [CH3][Sn][PH2].[Cu]. The first-order valence-corrected chi connectivity index (χ1v) is 9.16. The molecule has 1 unspecified atom stereocenters. The summed E-state index contributed by atoms with van der Waals surface area (Å²) in [6.07, 6.45) is 0. The van der Waals surface area contributed by atoms with Crippen LogP contribution >= 0.6 is 6.89 Å². The molecule has 0 aromatic rings. The number of rotatable bonds is 0. The Kier molecular flexibility index (Phi) is 20.4. The molecular weight excluding hydrogens is 225 g/mol. The second kappa shape index (κ2) is 8.83. The van der Waals surface area contributed by atoms with E-state index in [9.17, 15) is 0 Å². The Labute approximate surface area is 49.4 Å². The summed E-state index contributed by atoms with van der Waals surface area (Å²) < 4.78 is 0. The minimum Gasteiger partial charge on any atom is 0 e. The molecular formula is CH5CuPSn. The molecule has 0 aliphatic heterocycles. The molecule has 0 rings (SSSR count). The zero-order valence-electron chi connectivity index (χ0n) is 2.38. The van der Waals surface area contributed by atoms with Gasteiger partial charge in [-0.1, -0.05) is 0 Å². The van der Waals surface area contributed by atoms with Gasteiger partial charge in [-0.25, -0.2) is 0 Å². The van der Waals surface area contributed by atoms with Gasteiger partial charge in [0, 0.05) is 17.1 Å². The van der Waals surface area contributed by atoms with E-state index in [4.69, 9.17) is 0 Å². The van der Waals surface area contributed by atoms with Crippen LogP contribution in [0.1, 0.15) is 0 Å². The molecule has 0 aliphatic rings. The normalized spacial score (nSPS) is 4.50. The average molecular weight is 230 g/mol. The Morgan fingerprint density at radius 2 is 1.75 bits per heavy atom. The summed E-state index contributed by atoms with van der Waals surface area (Å²) in [5.41, 5.74) is 0. The van der Waals surface area contributed by atoms with Crippen molar-refractivity contribution in [3.63, 3.8) is 0 Å². The maximum Gasteiger partial charge on any atom is 0 e. The van der Waals surface area contributed by atoms with E-state index < -0.39 is 0 Å². The minimum atomic E-state index is 0. The summed E-state index contributed by atoms with van der Waals surface area (Å²) in [6.45, 7) is 2.75. The van der Waals surface area contributed by atoms with Crippen LogP contribution in [-0.4, -0.2) is 20.6 Å². The third-order valence-corrected chi connectivity index (χ3v) is 0. The molecule has 0 aliphatic carbocycles. The van der Waals surface area contributed by atoms with Crippen LogP contribution in [0.3, 0.4) is 0 Å². The predicted octanol–water partition coefficient (Wildman–Crippen LogP) is 0.526. The van der Waals surface area contributed by atoms with E-state index in [1.807, 2.05) is 0 Å². The molecule has 1 atom stereocenters. The zero-order valence-corrected chi connectivity index (χ0v) is 7.33. The molecule has 0 N–H and O–H groups in total. The second-order valence-corrected chi connectivity index (χ2v) is 5.81. The molecule has 0 saturated heterocycles. The van der Waals surface area contributed by atoms with Crippen LogP contribution < -0.4 is 0 Å². The molecule has 0 nitrogen and oxygen atoms in total. The maximum absolute atomic E-state index is 2.75. The minimum absolute atomic E-state index is 0. The van der Waals surface area contributed by atoms with Crippen molar-refractivity contribution in [2.45, 2.75) is 4.94 Å². The quantitative estimate of drug-likeness (QED) is 0.420. The molecule has 0 saturated carbocycles. The molecule has 0 fully saturated rings. The van der Waals surface area contributed by atoms with E-state index in [0.29, 0.717) is 0 Å². The summed E-state index contributed by atoms with van der Waals surface area (Å²) >= 11 is 0.147. The first-order chi connectivity index (χ1) is 1.41. The molecule has 3 radical (unpaired) electrons. The first kappa shape index (κ1) is 9.22. The molecule has 0 spiro atoms. The van der Waals surface area contributed by atoms with Gasteiger partial charge in [0.05, 0.1) is 0 Å². The molecule has 0 heterocycles. The smallest absolute Gasteiger partial charge is 0 e. The van der Waals surface area contributed by atoms with Crippen LogP contribution in [0.5, 0.6) is 0 Å². The Hall–Kier alpha value is 1.75. The Morgan fingerprint density at radius 1 is 1.75 bits per heavy atom. The van der Waals surface area contributed by atoms with Crippen LogP contribution in [0, 0.1) is 0 Å². The van der Waals surface area contributed by atoms with Gasteiger partial charge in [0.2, 0.25) is 0 Å². The van der Waals surface area contributed by atoms with Gasteiger partial charge in [0.25, 0.3) is 0 Å². The standard InChI is InChI=1S/CH3.Cu.H2P.Sn/h1H3;;1H2;/q;;-1;+1. The molecule has 0 aromatic heterocycles. The maximum atomic E-state index is 2.75. The largest absolute Gasteiger partial charge is 0 e. The Balaban J connectivity index is 0. The van der Waals surface area contributed by atoms with Gasteiger partial charge >= 0.3 is 32.4 Å². The van der Waals surface area contributed by atoms with Crippen molar-refractivity contribution in [1.82, 2.24) is 0 Å². The van der Waals surface area contributed by atoms with Gasteiger partial charge in [0.15, 0.2) is 0 Å². The van der Waals surface area contributed by atoms with Crippen molar-refractivity contribution in [1.29, 1.82) is 0 Å². The Bertz CT molecular complexity index is 8.00. The van der Waals surface area contributed by atoms with E-state index in [-0.39, 0.29) is 37.7 Å². The summed E-state index contributed by atoms with van der Waals surface area (Å²) in [4.78, 5) is 2.26. The van der Waals surface area contributed by atoms with Crippen molar-refractivity contribution >= 4 is 27.5 Å². The van der Waals surface area contributed by atoms with Gasteiger partial charge in [-0.2, -0.15) is 0 Å². The van der Waals surface area contributed by atoms with Crippen molar-refractivity contribution in [2.24, 2.45) is 0 Å². The second-order valence-electron chi connectivity index (χ2n) is 0.289. The fraction of sp³-hybridized carbons (Fsp3) is 1.00. The van der Waals surface area contributed by atoms with Gasteiger partial charge in [0.1, 0.15) is 0 Å². The zero-order chi connectivity index (χ0) is 2.71. The molecule has 0 aromatic carbocycles. The van der Waals surface area contributed by atoms with Gasteiger partial charge in [-0.05, 0) is 0 Å². The molecule has 3 heteroatoms. The van der Waals surface area contributed by atoms with Crippen molar-refractivity contribution in [2.75, 3.05) is 0 Å². The van der Waals surface area contributed by atoms with Crippen LogP contribution in [0.15, 0.2) is 0 Å². The summed E-state index contributed by atoms with van der Waals surface area (Å²) in [6, 6.07) is 0. The summed E-state index contributed by atoms with van der Waals surface area (Å²) in [7, 11) is 0. The van der Waals surface area contributed by atoms with Crippen LogP contribution in [0.2, 0.25) is 4.94 Å².